The van der Waals surface area contributed by atoms with Gasteiger partial charge < -0.3 is 4.74 Å². The summed E-state index contributed by atoms with van der Waals surface area (Å²) in [5, 5.41) is 1.55. The van der Waals surface area contributed by atoms with Gasteiger partial charge in [-0.15, -0.1) is 0 Å². The summed E-state index contributed by atoms with van der Waals surface area (Å²) < 4.78 is 5.71. The van der Waals surface area contributed by atoms with Gasteiger partial charge in [0.05, 0.1) is 6.10 Å². The third-order valence-electron chi connectivity index (χ3n) is 1.98. The third-order valence-corrected chi connectivity index (χ3v) is 2.82. The molecule has 1 aliphatic rings. The molecule has 0 N–H and O–H groups in total. The second-order valence-electron chi connectivity index (χ2n) is 3.20. The van der Waals surface area contributed by atoms with Gasteiger partial charge in [0, 0.05) is 15.9 Å². The highest BCUT2D eigenvalue weighted by atomic mass is 79.9. The van der Waals surface area contributed by atoms with Gasteiger partial charge in [0.1, 0.15) is 5.75 Å². The number of benzene rings is 1. The summed E-state index contributed by atoms with van der Waals surface area (Å²) in [5.41, 5.74) is 1.12. The van der Waals surface area contributed by atoms with Gasteiger partial charge in [-0.3, -0.25) is 0 Å². The van der Waals surface area contributed by atoms with Crippen LogP contribution in [0, 0.1) is 0 Å². The van der Waals surface area contributed by atoms with Crippen LogP contribution in [0.1, 0.15) is 18.4 Å². The molecule has 1 aliphatic carbocycles. The number of hydrogen-bond donors (Lipinski definition) is 0. The summed E-state index contributed by atoms with van der Waals surface area (Å²) in [5.74, 6) is 0.962. The standard InChI is InChI=1S/C10H10BrClO/c11-6-7-5-8(12)1-4-10(7)13-9-2-3-9/h1,4-5,9H,2-3,6H2. The molecule has 1 aromatic carbocycles. The summed E-state index contributed by atoms with van der Waals surface area (Å²) in [4.78, 5) is 0. The Morgan fingerprint density at radius 3 is 2.85 bits per heavy atom. The highest BCUT2D eigenvalue weighted by Crippen LogP contribution is 2.31. The first-order chi connectivity index (χ1) is 6.29. The minimum atomic E-state index is 0.443. The first-order valence-electron chi connectivity index (χ1n) is 4.30. The van der Waals surface area contributed by atoms with Crippen molar-refractivity contribution in [2.45, 2.75) is 24.3 Å². The monoisotopic (exact) mass is 260 g/mol. The molecule has 0 bridgehead atoms. The average Bonchev–Trinajstić information content (AvgIpc) is 2.92. The second kappa shape index (κ2) is 3.89. The summed E-state index contributed by atoms with van der Waals surface area (Å²) in [6, 6.07) is 5.75. The maximum absolute atomic E-state index is 5.87. The Morgan fingerprint density at radius 2 is 2.23 bits per heavy atom. The normalized spacial score (nSPS) is 15.8. The van der Waals surface area contributed by atoms with E-state index in [-0.39, 0.29) is 0 Å². The van der Waals surface area contributed by atoms with Crippen molar-refractivity contribution in [3.8, 4) is 5.75 Å². The van der Waals surface area contributed by atoms with Gasteiger partial charge in [0.25, 0.3) is 0 Å². The zero-order valence-corrected chi connectivity index (χ0v) is 9.44. The summed E-state index contributed by atoms with van der Waals surface area (Å²) >= 11 is 9.29. The van der Waals surface area contributed by atoms with Crippen molar-refractivity contribution in [3.05, 3.63) is 28.8 Å². The van der Waals surface area contributed by atoms with Gasteiger partial charge in [0.2, 0.25) is 0 Å². The fourth-order valence-corrected chi connectivity index (χ4v) is 1.77. The summed E-state index contributed by atoms with van der Waals surface area (Å²) in [7, 11) is 0. The summed E-state index contributed by atoms with van der Waals surface area (Å²) in [6.45, 7) is 0. The van der Waals surface area contributed by atoms with Gasteiger partial charge in [-0.1, -0.05) is 27.5 Å². The third kappa shape index (κ3) is 2.38. The molecular weight excluding hydrogens is 251 g/mol. The van der Waals surface area contributed by atoms with E-state index in [0.717, 1.165) is 21.7 Å². The van der Waals surface area contributed by atoms with Crippen molar-refractivity contribution in [3.63, 3.8) is 0 Å². The van der Waals surface area contributed by atoms with Gasteiger partial charge >= 0.3 is 0 Å². The Balaban J connectivity index is 2.21. The molecule has 0 radical (unpaired) electrons. The Hall–Kier alpha value is -0.210. The minimum absolute atomic E-state index is 0.443. The molecule has 1 nitrogen and oxygen atoms in total. The van der Waals surface area contributed by atoms with E-state index in [9.17, 15) is 0 Å². The van der Waals surface area contributed by atoms with Crippen LogP contribution in [0.5, 0.6) is 5.75 Å². The molecule has 0 aliphatic heterocycles. The van der Waals surface area contributed by atoms with Crippen LogP contribution in [0.3, 0.4) is 0 Å². The van der Waals surface area contributed by atoms with Gasteiger partial charge in [0.15, 0.2) is 0 Å². The Bertz CT molecular complexity index is 310. The molecule has 1 aromatic rings. The van der Waals surface area contributed by atoms with Crippen molar-refractivity contribution in [2.24, 2.45) is 0 Å². The van der Waals surface area contributed by atoms with Gasteiger partial charge in [-0.05, 0) is 31.0 Å². The lowest BCUT2D eigenvalue weighted by molar-refractivity contribution is 0.301. The number of halogens is 2. The molecule has 0 heterocycles. The van der Waals surface area contributed by atoms with Crippen molar-refractivity contribution < 1.29 is 4.74 Å². The highest BCUT2D eigenvalue weighted by molar-refractivity contribution is 9.08. The van der Waals surface area contributed by atoms with Crippen LogP contribution < -0.4 is 4.74 Å². The highest BCUT2D eigenvalue weighted by Gasteiger charge is 2.24. The molecule has 0 unspecified atom stereocenters. The lowest BCUT2D eigenvalue weighted by Crippen LogP contribution is -1.98. The van der Waals surface area contributed by atoms with Crippen LogP contribution in [0.15, 0.2) is 18.2 Å². The van der Waals surface area contributed by atoms with Gasteiger partial charge in [-0.2, -0.15) is 0 Å². The lowest BCUT2D eigenvalue weighted by Gasteiger charge is -2.08. The zero-order chi connectivity index (χ0) is 9.26. The van der Waals surface area contributed by atoms with E-state index < -0.39 is 0 Å². The fourth-order valence-electron chi connectivity index (χ4n) is 1.13. The predicted octanol–water partition coefficient (Wildman–Crippen LogP) is 3.78. The van der Waals surface area contributed by atoms with E-state index >= 15 is 0 Å². The molecule has 13 heavy (non-hydrogen) atoms. The molecule has 1 fully saturated rings. The van der Waals surface area contributed by atoms with Crippen LogP contribution in [0.25, 0.3) is 0 Å². The quantitative estimate of drug-likeness (QED) is 0.753. The van der Waals surface area contributed by atoms with E-state index in [2.05, 4.69) is 15.9 Å². The molecule has 0 atom stereocenters. The first-order valence-corrected chi connectivity index (χ1v) is 5.80. The van der Waals surface area contributed by atoms with Crippen molar-refractivity contribution in [1.29, 1.82) is 0 Å². The smallest absolute Gasteiger partial charge is 0.123 e. The predicted molar refractivity (Wildman–Crippen MR) is 57.7 cm³/mol. The van der Waals surface area contributed by atoms with Crippen LogP contribution in [-0.4, -0.2) is 6.10 Å². The molecule has 3 heteroatoms. The van der Waals surface area contributed by atoms with E-state index in [4.69, 9.17) is 16.3 Å². The molecular formula is C10H10BrClO. The Kier molecular flexibility index (Phi) is 2.80. The second-order valence-corrected chi connectivity index (χ2v) is 4.20. The SMILES string of the molecule is Clc1ccc(OC2CC2)c(CBr)c1. The van der Waals surface area contributed by atoms with Crippen LogP contribution >= 0.6 is 27.5 Å². The molecule has 70 valence electrons. The number of hydrogen-bond acceptors (Lipinski definition) is 1. The molecule has 0 amide bonds. The topological polar surface area (TPSA) is 9.23 Å². The van der Waals surface area contributed by atoms with Crippen molar-refractivity contribution in [2.75, 3.05) is 0 Å². The molecule has 0 saturated heterocycles. The number of rotatable bonds is 3. The maximum atomic E-state index is 5.87. The first kappa shape index (κ1) is 9.35. The maximum Gasteiger partial charge on any atom is 0.123 e. The van der Waals surface area contributed by atoms with E-state index in [1.165, 1.54) is 12.8 Å². The van der Waals surface area contributed by atoms with Crippen LogP contribution in [0.2, 0.25) is 5.02 Å². The Morgan fingerprint density at radius 1 is 1.46 bits per heavy atom. The van der Waals surface area contributed by atoms with Crippen LogP contribution in [-0.2, 0) is 5.33 Å². The summed E-state index contributed by atoms with van der Waals surface area (Å²) in [6.07, 6.45) is 2.81. The minimum Gasteiger partial charge on any atom is -0.490 e. The van der Waals surface area contributed by atoms with E-state index in [0.29, 0.717) is 6.10 Å². The fraction of sp³-hybridized carbons (Fsp3) is 0.400. The van der Waals surface area contributed by atoms with E-state index in [1.807, 2.05) is 18.2 Å². The Labute approximate surface area is 91.2 Å². The van der Waals surface area contributed by atoms with E-state index in [1.54, 1.807) is 0 Å². The average molecular weight is 262 g/mol. The number of ether oxygens (including phenoxy) is 1. The van der Waals surface area contributed by atoms with Gasteiger partial charge in [-0.25, -0.2) is 0 Å². The molecule has 1 saturated carbocycles. The molecule has 0 spiro atoms. The molecule has 2 rings (SSSR count). The lowest BCUT2D eigenvalue weighted by atomic mass is 10.2. The van der Waals surface area contributed by atoms with Crippen LogP contribution in [0.4, 0.5) is 0 Å². The largest absolute Gasteiger partial charge is 0.490 e. The number of alkyl halides is 1. The van der Waals surface area contributed by atoms with Crippen molar-refractivity contribution in [1.82, 2.24) is 0 Å². The zero-order valence-electron chi connectivity index (χ0n) is 7.09. The molecule has 0 aromatic heterocycles. The van der Waals surface area contributed by atoms with Crippen molar-refractivity contribution >= 4 is 27.5 Å².